The van der Waals surface area contributed by atoms with E-state index in [-0.39, 0.29) is 12.1 Å². The Labute approximate surface area is 150 Å². The van der Waals surface area contributed by atoms with Crippen LogP contribution in [-0.4, -0.2) is 34.8 Å². The van der Waals surface area contributed by atoms with Crippen molar-refractivity contribution in [3.8, 4) is 11.8 Å². The molecular weight excluding hydrogens is 312 g/mol. The minimum atomic E-state index is -0.599. The topological polar surface area (TPSA) is 56.5 Å². The predicted molar refractivity (Wildman–Crippen MR) is 99.3 cm³/mol. The number of benzene rings is 2. The second-order valence-corrected chi connectivity index (χ2v) is 7.14. The average molecular weight is 338 g/mol. The number of hydrogen-bond donors (Lipinski definition) is 1. The molecule has 1 N–H and O–H groups in total. The maximum atomic E-state index is 10.4. The van der Waals surface area contributed by atoms with E-state index >= 15 is 0 Å². The average Bonchev–Trinajstić information content (AvgIpc) is 2.60. The molecule has 0 spiro atoms. The summed E-state index contributed by atoms with van der Waals surface area (Å²) in [4.78, 5) is 2.25. The van der Waals surface area contributed by atoms with Gasteiger partial charge in [-0.25, -0.2) is 0 Å². The van der Waals surface area contributed by atoms with Gasteiger partial charge in [-0.1, -0.05) is 30.3 Å². The zero-order valence-corrected chi connectivity index (χ0v) is 15.1. The summed E-state index contributed by atoms with van der Waals surface area (Å²) in [6.07, 6.45) is -0.599. The number of nitrogens with zero attached hydrogens (tertiary/aromatic N) is 2. The Morgan fingerprint density at radius 1 is 1.08 bits per heavy atom. The number of aliphatic hydroxyl groups excluding tert-OH is 1. The van der Waals surface area contributed by atoms with Gasteiger partial charge in [0.25, 0.3) is 0 Å². The second kappa shape index (κ2) is 8.66. The van der Waals surface area contributed by atoms with Crippen LogP contribution >= 0.6 is 0 Å². The molecule has 0 fully saturated rings. The summed E-state index contributed by atoms with van der Waals surface area (Å²) >= 11 is 0. The molecule has 1 atom stereocenters. The second-order valence-electron chi connectivity index (χ2n) is 7.14. The van der Waals surface area contributed by atoms with E-state index in [1.807, 2.05) is 18.2 Å². The molecule has 0 heterocycles. The fraction of sp³-hybridized carbons (Fsp3) is 0.381. The Morgan fingerprint density at radius 2 is 1.72 bits per heavy atom. The number of rotatable bonds is 7. The minimum absolute atomic E-state index is 0.0642. The van der Waals surface area contributed by atoms with Crippen LogP contribution < -0.4 is 4.74 Å². The Hall–Kier alpha value is -2.35. The van der Waals surface area contributed by atoms with Gasteiger partial charge in [0.1, 0.15) is 18.5 Å². The molecule has 132 valence electrons. The van der Waals surface area contributed by atoms with Gasteiger partial charge < -0.3 is 9.84 Å². The SMILES string of the molecule is CC(C)(C)N(Cc1ccccc1)C[C@H](O)COc1ccc(C#N)cc1. The summed E-state index contributed by atoms with van der Waals surface area (Å²) in [5.41, 5.74) is 1.75. The summed E-state index contributed by atoms with van der Waals surface area (Å²) in [6, 6.07) is 19.2. The molecule has 0 saturated heterocycles. The molecule has 0 unspecified atom stereocenters. The first-order valence-corrected chi connectivity index (χ1v) is 8.48. The third-order valence-electron chi connectivity index (χ3n) is 4.02. The van der Waals surface area contributed by atoms with Crippen molar-refractivity contribution in [3.05, 3.63) is 65.7 Å². The van der Waals surface area contributed by atoms with Crippen molar-refractivity contribution < 1.29 is 9.84 Å². The van der Waals surface area contributed by atoms with Gasteiger partial charge in [-0.3, -0.25) is 4.90 Å². The first kappa shape index (κ1) is 19.0. The van der Waals surface area contributed by atoms with E-state index in [4.69, 9.17) is 10.00 Å². The molecule has 25 heavy (non-hydrogen) atoms. The lowest BCUT2D eigenvalue weighted by Gasteiger charge is -2.37. The van der Waals surface area contributed by atoms with E-state index in [1.165, 1.54) is 5.56 Å². The van der Waals surface area contributed by atoms with Gasteiger partial charge in [0, 0.05) is 18.6 Å². The molecule has 4 heteroatoms. The summed E-state index contributed by atoms with van der Waals surface area (Å²) in [7, 11) is 0. The van der Waals surface area contributed by atoms with Crippen LogP contribution in [0.25, 0.3) is 0 Å². The van der Waals surface area contributed by atoms with Gasteiger partial charge in [-0.05, 0) is 50.6 Å². The lowest BCUT2D eigenvalue weighted by Crippen LogP contribution is -2.46. The molecule has 4 nitrogen and oxygen atoms in total. The predicted octanol–water partition coefficient (Wildman–Crippen LogP) is 3.60. The highest BCUT2D eigenvalue weighted by Crippen LogP contribution is 2.18. The third kappa shape index (κ3) is 6.22. The first-order valence-electron chi connectivity index (χ1n) is 8.48. The minimum Gasteiger partial charge on any atom is -0.491 e. The van der Waals surface area contributed by atoms with E-state index in [1.54, 1.807) is 24.3 Å². The summed E-state index contributed by atoms with van der Waals surface area (Å²) < 4.78 is 5.64. The van der Waals surface area contributed by atoms with Crippen LogP contribution in [0.15, 0.2) is 54.6 Å². The monoisotopic (exact) mass is 338 g/mol. The molecule has 0 aromatic heterocycles. The highest BCUT2D eigenvalue weighted by atomic mass is 16.5. The largest absolute Gasteiger partial charge is 0.491 e. The summed E-state index contributed by atoms with van der Waals surface area (Å²) in [5, 5.41) is 19.2. The maximum Gasteiger partial charge on any atom is 0.119 e. The molecule has 0 aliphatic heterocycles. The van der Waals surface area contributed by atoms with Gasteiger partial charge >= 0.3 is 0 Å². The highest BCUT2D eigenvalue weighted by Gasteiger charge is 2.24. The number of β-amino-alcohol motifs (C(OH)–C–C–N with tert-alkyl or cyclic N) is 1. The number of ether oxygens (including phenoxy) is 1. The van der Waals surface area contributed by atoms with Gasteiger partial charge in [-0.15, -0.1) is 0 Å². The Morgan fingerprint density at radius 3 is 2.28 bits per heavy atom. The van der Waals surface area contributed by atoms with E-state index in [0.29, 0.717) is 17.9 Å². The zero-order chi connectivity index (χ0) is 18.3. The number of nitriles is 1. The van der Waals surface area contributed by atoms with Gasteiger partial charge in [-0.2, -0.15) is 5.26 Å². The highest BCUT2D eigenvalue weighted by molar-refractivity contribution is 5.34. The smallest absolute Gasteiger partial charge is 0.119 e. The molecule has 0 aliphatic rings. The van der Waals surface area contributed by atoms with Crippen LogP contribution in [0.2, 0.25) is 0 Å². The van der Waals surface area contributed by atoms with E-state index in [9.17, 15) is 5.11 Å². The van der Waals surface area contributed by atoms with Gasteiger partial charge in [0.2, 0.25) is 0 Å². The van der Waals surface area contributed by atoms with Crippen molar-refractivity contribution >= 4 is 0 Å². The van der Waals surface area contributed by atoms with Crippen molar-refractivity contribution in [2.75, 3.05) is 13.2 Å². The van der Waals surface area contributed by atoms with Gasteiger partial charge in [0.15, 0.2) is 0 Å². The maximum absolute atomic E-state index is 10.4. The summed E-state index contributed by atoms with van der Waals surface area (Å²) in [5.74, 6) is 0.656. The molecular formula is C21H26N2O2. The standard InChI is InChI=1S/C21H26N2O2/c1-21(2,3)23(14-18-7-5-4-6-8-18)15-19(24)16-25-20-11-9-17(13-22)10-12-20/h4-12,19,24H,14-16H2,1-3H3/t19-/m0/s1. The Balaban J connectivity index is 1.92. The van der Waals surface area contributed by atoms with Crippen LogP contribution in [0.4, 0.5) is 0 Å². The van der Waals surface area contributed by atoms with Crippen LogP contribution in [0.5, 0.6) is 5.75 Å². The fourth-order valence-electron chi connectivity index (χ4n) is 2.50. The van der Waals surface area contributed by atoms with Crippen LogP contribution in [0, 0.1) is 11.3 Å². The molecule has 0 aliphatic carbocycles. The van der Waals surface area contributed by atoms with Crippen molar-refractivity contribution in [2.45, 2.75) is 39.0 Å². The molecule has 0 bridgehead atoms. The molecule has 2 aromatic rings. The lowest BCUT2D eigenvalue weighted by atomic mass is 10.0. The summed E-state index contributed by atoms with van der Waals surface area (Å²) in [6.45, 7) is 7.94. The van der Waals surface area contributed by atoms with Crippen LogP contribution in [0.1, 0.15) is 31.9 Å². The normalized spacial score (nSPS) is 12.6. The molecule has 2 rings (SSSR count). The quantitative estimate of drug-likeness (QED) is 0.838. The Bertz CT molecular complexity index is 685. The van der Waals surface area contributed by atoms with Crippen molar-refractivity contribution in [1.82, 2.24) is 4.90 Å². The third-order valence-corrected chi connectivity index (χ3v) is 4.02. The first-order chi connectivity index (χ1) is 11.9. The fourth-order valence-corrected chi connectivity index (χ4v) is 2.50. The van der Waals surface area contributed by atoms with E-state index in [0.717, 1.165) is 6.54 Å². The van der Waals surface area contributed by atoms with Crippen molar-refractivity contribution in [2.24, 2.45) is 0 Å². The van der Waals surface area contributed by atoms with Crippen molar-refractivity contribution in [1.29, 1.82) is 5.26 Å². The van der Waals surface area contributed by atoms with E-state index in [2.05, 4.69) is 43.9 Å². The molecule has 2 aromatic carbocycles. The molecule has 0 saturated carbocycles. The molecule has 0 amide bonds. The number of aliphatic hydroxyl groups is 1. The van der Waals surface area contributed by atoms with Gasteiger partial charge in [0.05, 0.1) is 11.6 Å². The lowest BCUT2D eigenvalue weighted by molar-refractivity contribution is 0.0285. The van der Waals surface area contributed by atoms with Crippen molar-refractivity contribution in [3.63, 3.8) is 0 Å². The van der Waals surface area contributed by atoms with Crippen LogP contribution in [0.3, 0.4) is 0 Å². The Kier molecular flexibility index (Phi) is 6.58. The number of hydrogen-bond acceptors (Lipinski definition) is 4. The molecule has 0 radical (unpaired) electrons. The van der Waals surface area contributed by atoms with E-state index < -0.39 is 6.10 Å². The van der Waals surface area contributed by atoms with Crippen LogP contribution in [-0.2, 0) is 6.54 Å². The zero-order valence-electron chi connectivity index (χ0n) is 15.1.